The van der Waals surface area contributed by atoms with E-state index >= 15 is 0 Å². The van der Waals surface area contributed by atoms with Crippen molar-refractivity contribution in [3.8, 4) is 0 Å². The molecule has 0 spiro atoms. The Morgan fingerprint density at radius 3 is 3.05 bits per heavy atom. The molecular formula is C13H12N4O2S. The summed E-state index contributed by atoms with van der Waals surface area (Å²) in [7, 11) is 0. The predicted molar refractivity (Wildman–Crippen MR) is 74.5 cm³/mol. The number of Topliss-reactive ketones (excluding diaryl/α,β-unsaturated/α-hetero) is 1. The van der Waals surface area contributed by atoms with Gasteiger partial charge in [0.15, 0.2) is 5.78 Å². The number of carbonyl (C=O) groups excluding carboxylic acids is 1. The molecular weight excluding hydrogens is 276 g/mol. The molecule has 1 aliphatic heterocycles. The monoisotopic (exact) mass is 288 g/mol. The van der Waals surface area contributed by atoms with E-state index in [0.717, 1.165) is 29.0 Å². The summed E-state index contributed by atoms with van der Waals surface area (Å²) in [5.41, 5.74) is 1.74. The van der Waals surface area contributed by atoms with Crippen LogP contribution >= 0.6 is 11.3 Å². The van der Waals surface area contributed by atoms with E-state index in [-0.39, 0.29) is 11.8 Å². The van der Waals surface area contributed by atoms with Gasteiger partial charge in [-0.15, -0.1) is 11.3 Å². The number of rotatable bonds is 1. The van der Waals surface area contributed by atoms with E-state index in [2.05, 4.69) is 20.9 Å². The first-order chi connectivity index (χ1) is 9.83. The standard InChI is InChI=1S/C13H12N4O2S/c18-8-4-1-3-7-10(8)11(9-5-2-6-20-9)15-13-12(14-7)16-19-17-13/h2,5-6,11H,1,3-4H2,(H,14,16)(H,15,17)/t11-/m1/s1. The van der Waals surface area contributed by atoms with E-state index < -0.39 is 0 Å². The zero-order valence-electron chi connectivity index (χ0n) is 10.5. The Kier molecular flexibility index (Phi) is 2.59. The van der Waals surface area contributed by atoms with E-state index in [1.54, 1.807) is 11.3 Å². The number of hydrogen-bond donors (Lipinski definition) is 2. The van der Waals surface area contributed by atoms with Crippen molar-refractivity contribution in [1.82, 2.24) is 10.3 Å². The third kappa shape index (κ3) is 1.74. The maximum absolute atomic E-state index is 12.4. The highest BCUT2D eigenvalue weighted by Gasteiger charge is 2.34. The van der Waals surface area contributed by atoms with Gasteiger partial charge in [0.25, 0.3) is 0 Å². The summed E-state index contributed by atoms with van der Waals surface area (Å²) in [5, 5.41) is 16.2. The van der Waals surface area contributed by atoms with Crippen molar-refractivity contribution >= 4 is 28.8 Å². The molecule has 0 saturated carbocycles. The van der Waals surface area contributed by atoms with Gasteiger partial charge in [-0.1, -0.05) is 6.07 Å². The topological polar surface area (TPSA) is 80.1 Å². The lowest BCUT2D eigenvalue weighted by atomic mass is 9.89. The van der Waals surface area contributed by atoms with Crippen LogP contribution in [-0.4, -0.2) is 16.1 Å². The molecule has 0 saturated heterocycles. The largest absolute Gasteiger partial charge is 0.352 e. The number of fused-ring (bicyclic) bond motifs is 1. The van der Waals surface area contributed by atoms with Gasteiger partial charge in [0.2, 0.25) is 11.6 Å². The second-order valence-electron chi connectivity index (χ2n) is 4.85. The van der Waals surface area contributed by atoms with Crippen molar-refractivity contribution in [2.45, 2.75) is 25.3 Å². The predicted octanol–water partition coefficient (Wildman–Crippen LogP) is 2.72. The zero-order valence-corrected chi connectivity index (χ0v) is 11.4. The smallest absolute Gasteiger partial charge is 0.219 e. The zero-order chi connectivity index (χ0) is 13.5. The number of nitrogens with zero attached hydrogens (tertiary/aromatic N) is 2. The fourth-order valence-electron chi connectivity index (χ4n) is 2.71. The first-order valence-corrected chi connectivity index (χ1v) is 7.36. The molecule has 102 valence electrons. The summed E-state index contributed by atoms with van der Waals surface area (Å²) >= 11 is 1.62. The fraction of sp³-hybridized carbons (Fsp3) is 0.308. The van der Waals surface area contributed by atoms with Crippen LogP contribution in [0.1, 0.15) is 30.2 Å². The van der Waals surface area contributed by atoms with Gasteiger partial charge in [-0.3, -0.25) is 4.79 Å². The van der Waals surface area contributed by atoms with Crippen LogP contribution in [0.25, 0.3) is 0 Å². The molecule has 2 aromatic heterocycles. The van der Waals surface area contributed by atoms with Crippen molar-refractivity contribution in [1.29, 1.82) is 0 Å². The summed E-state index contributed by atoms with van der Waals surface area (Å²) in [6.07, 6.45) is 2.30. The minimum absolute atomic E-state index is 0.182. The molecule has 7 heteroatoms. The summed E-state index contributed by atoms with van der Waals surface area (Å²) < 4.78 is 4.77. The van der Waals surface area contributed by atoms with Crippen LogP contribution < -0.4 is 10.6 Å². The second-order valence-corrected chi connectivity index (χ2v) is 5.83. The summed E-state index contributed by atoms with van der Waals surface area (Å²) in [6, 6.07) is 3.82. The van der Waals surface area contributed by atoms with E-state index in [1.165, 1.54) is 0 Å². The molecule has 3 heterocycles. The minimum atomic E-state index is -0.182. The summed E-state index contributed by atoms with van der Waals surface area (Å²) in [6.45, 7) is 0. The Morgan fingerprint density at radius 2 is 2.20 bits per heavy atom. The molecule has 2 aliphatic rings. The number of ketones is 1. The van der Waals surface area contributed by atoms with Gasteiger partial charge in [0.05, 0.1) is 6.04 Å². The lowest BCUT2D eigenvalue weighted by molar-refractivity contribution is -0.116. The van der Waals surface area contributed by atoms with Gasteiger partial charge in [-0.2, -0.15) is 0 Å². The van der Waals surface area contributed by atoms with Crippen molar-refractivity contribution in [3.05, 3.63) is 33.7 Å². The van der Waals surface area contributed by atoms with Crippen molar-refractivity contribution in [3.63, 3.8) is 0 Å². The molecule has 6 nitrogen and oxygen atoms in total. The molecule has 2 aromatic rings. The molecule has 1 atom stereocenters. The number of nitrogens with one attached hydrogen (secondary N) is 2. The lowest BCUT2D eigenvalue weighted by Gasteiger charge is -2.23. The van der Waals surface area contributed by atoms with E-state index in [4.69, 9.17) is 4.63 Å². The fourth-order valence-corrected chi connectivity index (χ4v) is 3.50. The van der Waals surface area contributed by atoms with Crippen molar-refractivity contribution in [2.24, 2.45) is 0 Å². The van der Waals surface area contributed by atoms with Crippen molar-refractivity contribution < 1.29 is 9.42 Å². The molecule has 0 amide bonds. The van der Waals surface area contributed by atoms with Gasteiger partial charge >= 0.3 is 0 Å². The van der Waals surface area contributed by atoms with Gasteiger partial charge in [0, 0.05) is 22.6 Å². The third-order valence-corrected chi connectivity index (χ3v) is 4.55. The highest BCUT2D eigenvalue weighted by Crippen LogP contribution is 2.40. The van der Waals surface area contributed by atoms with Gasteiger partial charge in [0.1, 0.15) is 0 Å². The third-order valence-electron chi connectivity index (χ3n) is 3.61. The molecule has 0 aromatic carbocycles. The number of anilines is 2. The first-order valence-electron chi connectivity index (χ1n) is 6.48. The molecule has 2 N–H and O–H groups in total. The summed E-state index contributed by atoms with van der Waals surface area (Å²) in [5.74, 6) is 1.28. The minimum Gasteiger partial charge on any atom is -0.352 e. The maximum atomic E-state index is 12.4. The number of thiophene rings is 1. The highest BCUT2D eigenvalue weighted by atomic mass is 32.1. The van der Waals surface area contributed by atoms with E-state index in [0.29, 0.717) is 18.1 Å². The summed E-state index contributed by atoms with van der Waals surface area (Å²) in [4.78, 5) is 13.5. The normalized spacial score (nSPS) is 21.6. The van der Waals surface area contributed by atoms with Gasteiger partial charge in [-0.25, -0.2) is 4.63 Å². The Balaban J connectivity index is 1.88. The van der Waals surface area contributed by atoms with E-state index in [9.17, 15) is 4.79 Å². The Bertz CT molecular complexity index is 689. The average molecular weight is 288 g/mol. The van der Waals surface area contributed by atoms with Crippen LogP contribution in [0.3, 0.4) is 0 Å². The number of allylic oxidation sites excluding steroid dienone is 1. The van der Waals surface area contributed by atoms with Crippen LogP contribution in [0.15, 0.2) is 33.4 Å². The quantitative estimate of drug-likeness (QED) is 0.840. The maximum Gasteiger partial charge on any atom is 0.219 e. The Labute approximate surface area is 118 Å². The van der Waals surface area contributed by atoms with Crippen LogP contribution in [0.4, 0.5) is 11.6 Å². The van der Waals surface area contributed by atoms with Crippen LogP contribution in [-0.2, 0) is 4.79 Å². The number of hydrogen-bond acceptors (Lipinski definition) is 7. The SMILES string of the molecule is O=C1CCCC2=C1[C@@H](c1cccs1)Nc1nonc1N2. The highest BCUT2D eigenvalue weighted by molar-refractivity contribution is 7.10. The average Bonchev–Trinajstić information content (AvgIpc) is 3.07. The van der Waals surface area contributed by atoms with E-state index in [1.807, 2.05) is 17.5 Å². The van der Waals surface area contributed by atoms with Gasteiger partial charge < -0.3 is 10.6 Å². The van der Waals surface area contributed by atoms with Crippen LogP contribution in [0, 0.1) is 0 Å². The Morgan fingerprint density at radius 1 is 1.30 bits per heavy atom. The van der Waals surface area contributed by atoms with Crippen LogP contribution in [0.5, 0.6) is 0 Å². The molecule has 0 fully saturated rings. The number of aromatic nitrogens is 2. The molecule has 0 unspecified atom stereocenters. The van der Waals surface area contributed by atoms with Crippen LogP contribution in [0.2, 0.25) is 0 Å². The molecule has 1 aliphatic carbocycles. The van der Waals surface area contributed by atoms with Gasteiger partial charge in [-0.05, 0) is 34.6 Å². The second kappa shape index (κ2) is 4.45. The lowest BCUT2D eigenvalue weighted by Crippen LogP contribution is -2.23. The molecule has 0 radical (unpaired) electrons. The first kappa shape index (κ1) is 11.7. The molecule has 0 bridgehead atoms. The molecule has 4 rings (SSSR count). The van der Waals surface area contributed by atoms with Crippen molar-refractivity contribution in [2.75, 3.05) is 10.6 Å². The Hall–Kier alpha value is -2.15. The number of carbonyl (C=O) groups is 1. The molecule has 20 heavy (non-hydrogen) atoms.